The Kier molecular flexibility index (Phi) is 15.1. The van der Waals surface area contributed by atoms with Gasteiger partial charge in [-0.2, -0.15) is 59.3 Å². The summed E-state index contributed by atoms with van der Waals surface area (Å²) in [5.41, 5.74) is 0. The summed E-state index contributed by atoms with van der Waals surface area (Å²) in [5.74, 6) is 0. The molecule has 0 aliphatic rings. The van der Waals surface area contributed by atoms with Gasteiger partial charge in [0, 0.05) is 34.1 Å². The fraction of sp³-hybridized carbons (Fsp3) is 0. The quantitative estimate of drug-likeness (QED) is 0.199. The zero-order valence-electron chi connectivity index (χ0n) is 12.9. The Morgan fingerprint density at radius 2 is 1.04 bits per heavy atom. The molecule has 0 unspecified atom stereocenters. The van der Waals surface area contributed by atoms with Crippen molar-refractivity contribution >= 4 is 21.6 Å². The van der Waals surface area contributed by atoms with Crippen LogP contribution in [0.15, 0.2) is 119 Å². The number of hydrogen-bond donors (Lipinski definition) is 0. The van der Waals surface area contributed by atoms with Gasteiger partial charge in [-0.05, 0) is 0 Å². The zero-order valence-corrected chi connectivity index (χ0v) is 16.8. The van der Waals surface area contributed by atoms with Gasteiger partial charge in [0.2, 0.25) is 0 Å². The van der Waals surface area contributed by atoms with Crippen molar-refractivity contribution < 1.29 is 34.1 Å². The summed E-state index contributed by atoms with van der Waals surface area (Å²) < 4.78 is 0. The van der Waals surface area contributed by atoms with Crippen LogP contribution in [-0.2, 0) is 34.1 Å². The molecule has 0 saturated heterocycles. The fourth-order valence-electron chi connectivity index (χ4n) is 1.56. The predicted octanol–water partition coefficient (Wildman–Crippen LogP) is 6.73. The molecule has 0 bridgehead atoms. The largest absolute Gasteiger partial charge is 0.747 e. The maximum Gasteiger partial charge on any atom is 0 e. The molecule has 0 N–H and O–H groups in total. The maximum atomic E-state index is 2.13. The van der Waals surface area contributed by atoms with Gasteiger partial charge in [0.05, 0.1) is 0 Å². The van der Waals surface area contributed by atoms with Crippen LogP contribution in [0.5, 0.6) is 0 Å². The molecule has 4 aromatic rings. The first-order chi connectivity index (χ1) is 10.9. The SMILES string of the molecule is [Fe].[Fe].c1cc[c-](SS[c-]2[cH-][cH-][cH-][cH-]2)c1.c1cc[cH-]c1.c1cc[cH-]c1. The average molecular weight is 434 g/mol. The summed E-state index contributed by atoms with van der Waals surface area (Å²) >= 11 is 0. The van der Waals surface area contributed by atoms with Crippen molar-refractivity contribution in [2.24, 2.45) is 0 Å². The van der Waals surface area contributed by atoms with E-state index in [1.54, 1.807) is 21.6 Å². The summed E-state index contributed by atoms with van der Waals surface area (Å²) in [7, 11) is 3.60. The molecule has 0 aliphatic heterocycles. The molecule has 24 heavy (non-hydrogen) atoms. The van der Waals surface area contributed by atoms with Crippen molar-refractivity contribution in [1.82, 2.24) is 0 Å². The van der Waals surface area contributed by atoms with Crippen LogP contribution in [0.25, 0.3) is 0 Å². The van der Waals surface area contributed by atoms with Gasteiger partial charge in [-0.3, -0.25) is 0 Å². The van der Waals surface area contributed by atoms with Crippen LogP contribution >= 0.6 is 21.6 Å². The summed E-state index contributed by atoms with van der Waals surface area (Å²) in [6.07, 6.45) is 0. The maximum absolute atomic E-state index is 2.13. The Labute approximate surface area is 173 Å². The molecule has 4 rings (SSSR count). The Morgan fingerprint density at radius 1 is 0.583 bits per heavy atom. The normalized spacial score (nSPS) is 8.50. The Balaban J connectivity index is 0.000000370. The zero-order chi connectivity index (χ0) is 15.3. The Bertz CT molecular complexity index is 542. The van der Waals surface area contributed by atoms with E-state index in [0.29, 0.717) is 0 Å². The van der Waals surface area contributed by atoms with E-state index in [-0.39, 0.29) is 34.1 Å². The molecule has 0 atom stereocenters. The standard InChI is InChI=1S/C10H8S2.2C5H5.2Fe/c1-2-6-9(5-1)11-12-10-7-3-4-8-10;2*1-2-4-5-3-1;;/h1-8H;2*1-5H;;/q-6;2*-1;;. The molecule has 0 aromatic heterocycles. The van der Waals surface area contributed by atoms with E-state index >= 15 is 0 Å². The van der Waals surface area contributed by atoms with Crippen LogP contribution in [0.2, 0.25) is 0 Å². The molecule has 0 fully saturated rings. The van der Waals surface area contributed by atoms with Gasteiger partial charge in [-0.25, -0.2) is 36.4 Å². The molecule has 0 nitrogen and oxygen atoms in total. The van der Waals surface area contributed by atoms with Crippen LogP contribution in [0, 0.1) is 0 Å². The molecule has 4 heteroatoms. The van der Waals surface area contributed by atoms with Crippen LogP contribution < -0.4 is 0 Å². The third-order valence-corrected chi connectivity index (χ3v) is 5.03. The summed E-state index contributed by atoms with van der Waals surface area (Å²) in [6.45, 7) is 0. The number of rotatable bonds is 3. The van der Waals surface area contributed by atoms with E-state index in [4.69, 9.17) is 0 Å². The van der Waals surface area contributed by atoms with E-state index in [1.165, 1.54) is 9.79 Å². The summed E-state index contributed by atoms with van der Waals surface area (Å²) in [4.78, 5) is 2.64. The van der Waals surface area contributed by atoms with Gasteiger partial charge in [0.25, 0.3) is 0 Å². The predicted molar refractivity (Wildman–Crippen MR) is 99.9 cm³/mol. The summed E-state index contributed by atoms with van der Waals surface area (Å²) in [6, 6.07) is 36.8. The van der Waals surface area contributed by atoms with Crippen molar-refractivity contribution in [2.45, 2.75) is 9.79 Å². The second kappa shape index (κ2) is 15.7. The molecular weight excluding hydrogens is 416 g/mol. The third kappa shape index (κ3) is 10.8. The Morgan fingerprint density at radius 3 is 1.42 bits per heavy atom. The van der Waals surface area contributed by atoms with Crippen molar-refractivity contribution in [3.63, 3.8) is 0 Å². The van der Waals surface area contributed by atoms with Gasteiger partial charge in [-0.1, -0.05) is 4.90 Å². The van der Waals surface area contributed by atoms with Gasteiger partial charge in [0.15, 0.2) is 0 Å². The van der Waals surface area contributed by atoms with Gasteiger partial charge in [-0.15, -0.1) is 0 Å². The molecule has 4 aromatic carbocycles. The summed E-state index contributed by atoms with van der Waals surface area (Å²) in [5, 5.41) is 0. The molecule has 0 amide bonds. The van der Waals surface area contributed by atoms with E-state index in [0.717, 1.165) is 0 Å². The van der Waals surface area contributed by atoms with E-state index in [1.807, 2.05) is 60.7 Å². The van der Waals surface area contributed by atoms with Crippen LogP contribution in [0.4, 0.5) is 0 Å². The van der Waals surface area contributed by atoms with Gasteiger partial charge < -0.3 is 40.0 Å². The van der Waals surface area contributed by atoms with E-state index in [9.17, 15) is 0 Å². The molecule has 134 valence electrons. The van der Waals surface area contributed by atoms with Crippen molar-refractivity contribution in [3.8, 4) is 0 Å². The average Bonchev–Trinajstić information content (AvgIpc) is 3.41. The fourth-order valence-corrected chi connectivity index (χ4v) is 3.53. The monoisotopic (exact) mass is 434 g/mol. The Hall–Kier alpha value is -0.861. The second-order valence-electron chi connectivity index (χ2n) is 4.33. The minimum absolute atomic E-state index is 0. The smallest absolute Gasteiger partial charge is 0 e. The van der Waals surface area contributed by atoms with Crippen molar-refractivity contribution in [3.05, 3.63) is 109 Å². The second-order valence-corrected chi connectivity index (χ2v) is 6.61. The first-order valence-corrected chi connectivity index (χ1v) is 9.21. The minimum atomic E-state index is 0. The van der Waals surface area contributed by atoms with E-state index < -0.39 is 0 Å². The van der Waals surface area contributed by atoms with Crippen LogP contribution in [0.1, 0.15) is 0 Å². The van der Waals surface area contributed by atoms with Crippen molar-refractivity contribution in [2.75, 3.05) is 0 Å². The molecule has 0 radical (unpaired) electrons. The van der Waals surface area contributed by atoms with Gasteiger partial charge >= 0.3 is 0 Å². The van der Waals surface area contributed by atoms with Crippen LogP contribution in [0.3, 0.4) is 0 Å². The van der Waals surface area contributed by atoms with Crippen molar-refractivity contribution in [1.29, 1.82) is 0 Å². The van der Waals surface area contributed by atoms with E-state index in [2.05, 4.69) is 48.5 Å². The van der Waals surface area contributed by atoms with Gasteiger partial charge in [0.1, 0.15) is 0 Å². The molecule has 0 spiro atoms. The topological polar surface area (TPSA) is 0 Å². The first-order valence-electron chi connectivity index (χ1n) is 7.06. The number of hydrogen-bond acceptors (Lipinski definition) is 2. The third-order valence-electron chi connectivity index (χ3n) is 2.61. The first kappa shape index (κ1) is 23.1. The van der Waals surface area contributed by atoms with Crippen LogP contribution in [-0.4, -0.2) is 0 Å². The molecule has 0 saturated carbocycles. The molecule has 0 heterocycles. The molecule has 0 aliphatic carbocycles. The minimum Gasteiger partial charge on any atom is -0.747 e. The molecular formula is C20H18Fe2S2-8.